The van der Waals surface area contributed by atoms with Crippen molar-refractivity contribution in [3.05, 3.63) is 59.2 Å². The van der Waals surface area contributed by atoms with E-state index in [0.717, 1.165) is 4.68 Å². The van der Waals surface area contributed by atoms with Crippen molar-refractivity contribution in [1.29, 1.82) is 0 Å². The molecule has 0 aliphatic heterocycles. The zero-order valence-corrected chi connectivity index (χ0v) is 15.6. The second kappa shape index (κ2) is 8.45. The van der Waals surface area contributed by atoms with Gasteiger partial charge in [0.25, 0.3) is 5.03 Å². The second-order valence-corrected chi connectivity index (χ2v) is 6.72. The molecule has 1 aromatic heterocycles. The van der Waals surface area contributed by atoms with Gasteiger partial charge in [0.1, 0.15) is 11.3 Å². The largest absolute Gasteiger partial charge is 0.538 e. The lowest BCUT2D eigenvalue weighted by molar-refractivity contribution is -0.705. The van der Waals surface area contributed by atoms with E-state index in [9.17, 15) is 40.6 Å². The Bertz CT molecular complexity index is 1110. The fourth-order valence-electron chi connectivity index (χ4n) is 2.39. The molecule has 0 radical (unpaired) electrons. The Kier molecular flexibility index (Phi) is 6.10. The number of nitrogens with one attached hydrogen (secondary N) is 1. The normalized spacial score (nSPS) is 11.6. The molecule has 0 unspecified atom stereocenters. The monoisotopic (exact) mass is 467 g/mol. The number of alkyl halides is 3. The van der Waals surface area contributed by atoms with Crippen LogP contribution in [0.25, 0.3) is 5.69 Å². The Morgan fingerprint density at radius 1 is 1.06 bits per heavy atom. The Morgan fingerprint density at radius 2 is 1.65 bits per heavy atom. The Hall–Kier alpha value is -3.29. The number of hydrogen-bond acceptors (Lipinski definition) is 5. The highest BCUT2D eigenvalue weighted by atomic mass is 32.2. The van der Waals surface area contributed by atoms with Gasteiger partial charge in [-0.15, -0.1) is 0 Å². The predicted molar refractivity (Wildman–Crippen MR) is 88.1 cm³/mol. The van der Waals surface area contributed by atoms with Gasteiger partial charge in [0.05, 0.1) is 11.0 Å². The van der Waals surface area contributed by atoms with Gasteiger partial charge in [-0.05, 0) is 16.4 Å². The zero-order chi connectivity index (χ0) is 22.9. The summed E-state index contributed by atoms with van der Waals surface area (Å²) in [6.07, 6.45) is -5.71. The average Bonchev–Trinajstić information content (AvgIpc) is 3.08. The molecule has 164 valence electrons. The summed E-state index contributed by atoms with van der Waals surface area (Å²) in [5.74, 6) is -13.2. The molecule has 3 aromatic rings. The van der Waals surface area contributed by atoms with Crippen LogP contribution in [0.3, 0.4) is 0 Å². The first-order valence-corrected chi connectivity index (χ1v) is 9.01. The van der Waals surface area contributed by atoms with Crippen molar-refractivity contribution in [1.82, 2.24) is 5.27 Å². The van der Waals surface area contributed by atoms with E-state index < -0.39 is 58.3 Å². The molecular weight excluding hydrogens is 459 g/mol. The summed E-state index contributed by atoms with van der Waals surface area (Å²) in [4.78, 5) is 12.0. The molecule has 0 aliphatic rings. The summed E-state index contributed by atoms with van der Waals surface area (Å²) in [5, 5.41) is 16.5. The highest BCUT2D eigenvalue weighted by Crippen LogP contribution is 2.38. The maximum absolute atomic E-state index is 13.9. The number of thioether (sulfide) groups is 1. The molecule has 2 aromatic carbocycles. The van der Waals surface area contributed by atoms with E-state index in [1.165, 1.54) is 5.32 Å². The van der Waals surface area contributed by atoms with E-state index in [-0.39, 0.29) is 5.03 Å². The molecule has 0 fully saturated rings. The number of benzene rings is 2. The highest BCUT2D eigenvalue weighted by Gasteiger charge is 2.42. The van der Waals surface area contributed by atoms with Gasteiger partial charge in [-0.2, -0.15) is 13.2 Å². The topological polar surface area (TPSA) is 82.1 Å². The van der Waals surface area contributed by atoms with Gasteiger partial charge in [-0.1, -0.05) is 18.2 Å². The summed E-state index contributed by atoms with van der Waals surface area (Å²) < 4.78 is 98.3. The van der Waals surface area contributed by atoms with Gasteiger partial charge in [0.2, 0.25) is 11.6 Å². The molecule has 14 heteroatoms. The summed E-state index contributed by atoms with van der Waals surface area (Å²) in [6, 6.07) is 7.99. The first-order chi connectivity index (χ1) is 14.5. The third-order valence-corrected chi connectivity index (χ3v) is 4.74. The van der Waals surface area contributed by atoms with E-state index in [0.29, 0.717) is 17.4 Å². The summed E-state index contributed by atoms with van der Waals surface area (Å²) >= 11 is 0.500. The molecule has 1 heterocycles. The lowest BCUT2D eigenvalue weighted by Gasteiger charge is -2.14. The minimum atomic E-state index is -5.71. The number of para-hydroxylation sites is 1. The number of hydrogen-bond donors (Lipinski definition) is 1. The van der Waals surface area contributed by atoms with Crippen LogP contribution in [0.5, 0.6) is 5.95 Å². The molecule has 0 saturated carbocycles. The lowest BCUT2D eigenvalue weighted by atomic mass is 10.1. The van der Waals surface area contributed by atoms with Gasteiger partial charge < -0.3 is 14.9 Å². The molecule has 0 bridgehead atoms. The summed E-state index contributed by atoms with van der Waals surface area (Å²) in [7, 11) is 0. The van der Waals surface area contributed by atoms with Crippen molar-refractivity contribution < 1.29 is 49.8 Å². The van der Waals surface area contributed by atoms with E-state index >= 15 is 0 Å². The molecular formula is C17H8F7N3O3S. The maximum Gasteiger partial charge on any atom is 0.422 e. The smallest absolute Gasteiger partial charge is 0.422 e. The SMILES string of the molecule is O=C(CSc1c([O-])on[n+]1-c1ccccc1)Nc1c(F)c(F)c(C(F)(F)F)c(F)c1F. The van der Waals surface area contributed by atoms with Crippen LogP contribution in [0.15, 0.2) is 39.9 Å². The number of carbonyl (C=O) groups is 1. The summed E-state index contributed by atoms with van der Waals surface area (Å²) in [5.41, 5.74) is -4.13. The molecule has 1 N–H and O–H groups in total. The number of halogens is 7. The number of carbonyl (C=O) groups excluding carboxylic acids is 1. The van der Waals surface area contributed by atoms with Crippen molar-refractivity contribution >= 4 is 23.4 Å². The van der Waals surface area contributed by atoms with Gasteiger partial charge in [-0.25, -0.2) is 17.6 Å². The van der Waals surface area contributed by atoms with Crippen LogP contribution in [0.2, 0.25) is 0 Å². The summed E-state index contributed by atoms with van der Waals surface area (Å²) in [6.45, 7) is 0. The minimum absolute atomic E-state index is 0.216. The molecule has 3 rings (SSSR count). The maximum atomic E-state index is 13.9. The second-order valence-electron chi connectivity index (χ2n) is 5.75. The Balaban J connectivity index is 1.81. The van der Waals surface area contributed by atoms with E-state index in [1.54, 1.807) is 30.3 Å². The van der Waals surface area contributed by atoms with E-state index in [4.69, 9.17) is 0 Å². The number of aromatic nitrogens is 2. The van der Waals surface area contributed by atoms with Crippen LogP contribution in [0.1, 0.15) is 5.56 Å². The lowest BCUT2D eigenvalue weighted by Crippen LogP contribution is -2.35. The Labute approximate surface area is 172 Å². The quantitative estimate of drug-likeness (QED) is 0.270. The van der Waals surface area contributed by atoms with Crippen molar-refractivity contribution in [2.45, 2.75) is 11.2 Å². The van der Waals surface area contributed by atoms with Gasteiger partial charge in [0.15, 0.2) is 29.2 Å². The molecule has 0 saturated heterocycles. The fraction of sp³-hybridized carbons (Fsp3) is 0.118. The van der Waals surface area contributed by atoms with Crippen molar-refractivity contribution in [2.75, 3.05) is 11.1 Å². The van der Waals surface area contributed by atoms with Crippen LogP contribution in [0.4, 0.5) is 36.4 Å². The van der Waals surface area contributed by atoms with Crippen LogP contribution >= 0.6 is 11.8 Å². The van der Waals surface area contributed by atoms with E-state index in [2.05, 4.69) is 9.79 Å². The number of amides is 1. The van der Waals surface area contributed by atoms with Crippen LogP contribution in [-0.2, 0) is 11.0 Å². The van der Waals surface area contributed by atoms with Crippen molar-refractivity contribution in [2.24, 2.45) is 0 Å². The van der Waals surface area contributed by atoms with Crippen LogP contribution in [0, 0.1) is 23.3 Å². The molecule has 6 nitrogen and oxygen atoms in total. The highest BCUT2D eigenvalue weighted by molar-refractivity contribution is 7.99. The fourth-order valence-corrected chi connectivity index (χ4v) is 3.15. The number of nitrogens with zero attached hydrogens (tertiary/aromatic N) is 2. The van der Waals surface area contributed by atoms with Crippen molar-refractivity contribution in [3.63, 3.8) is 0 Å². The minimum Gasteiger partial charge on any atom is -0.538 e. The molecule has 31 heavy (non-hydrogen) atoms. The van der Waals surface area contributed by atoms with Gasteiger partial charge in [0, 0.05) is 12.1 Å². The van der Waals surface area contributed by atoms with Crippen LogP contribution < -0.4 is 15.1 Å². The zero-order valence-electron chi connectivity index (χ0n) is 14.8. The first-order valence-electron chi connectivity index (χ1n) is 8.02. The molecule has 0 aliphatic carbocycles. The molecule has 0 atom stereocenters. The molecule has 1 amide bonds. The van der Waals surface area contributed by atoms with E-state index in [1.807, 2.05) is 0 Å². The van der Waals surface area contributed by atoms with Gasteiger partial charge >= 0.3 is 6.18 Å². The standard InChI is InChI=1S/C17H8F7N3O3S/c18-10-9(17(22,23)24)11(19)13(21)14(12(10)20)25-8(28)6-31-15-16(29)30-26-27(15)7-4-2-1-3-5-7/h1-5H,6H2,(H-,25,26,28,29). The average molecular weight is 467 g/mol. The number of rotatable bonds is 5. The van der Waals surface area contributed by atoms with Gasteiger partial charge in [-0.3, -0.25) is 4.79 Å². The number of anilines is 1. The first kappa shape index (κ1) is 22.4. The predicted octanol–water partition coefficient (Wildman–Crippen LogP) is 3.33. The third kappa shape index (κ3) is 4.42. The third-order valence-electron chi connectivity index (χ3n) is 3.72. The molecule has 0 spiro atoms. The van der Waals surface area contributed by atoms with Crippen molar-refractivity contribution in [3.8, 4) is 11.6 Å². The van der Waals surface area contributed by atoms with Crippen LogP contribution in [-0.4, -0.2) is 16.9 Å². The Morgan fingerprint density at radius 3 is 2.19 bits per heavy atom.